The van der Waals surface area contributed by atoms with E-state index < -0.39 is 0 Å². The second-order valence-corrected chi connectivity index (χ2v) is 6.05. The standard InChI is InChI=1S/C23H18N2/c1-17-12-14-20(15-13-17)23-22(19-10-6-3-7-11-19)24-16-21(25-23)18-8-4-2-5-9-18/h2-16H,1H3. The normalized spacial score (nSPS) is 10.6. The lowest BCUT2D eigenvalue weighted by Gasteiger charge is -2.11. The molecule has 2 nitrogen and oxygen atoms in total. The van der Waals surface area contributed by atoms with E-state index in [0.29, 0.717) is 0 Å². The van der Waals surface area contributed by atoms with E-state index in [4.69, 9.17) is 9.97 Å². The molecule has 0 unspecified atom stereocenters. The van der Waals surface area contributed by atoms with Gasteiger partial charge in [-0.1, -0.05) is 90.5 Å². The van der Waals surface area contributed by atoms with E-state index in [-0.39, 0.29) is 0 Å². The Bertz CT molecular complexity index is 975. The van der Waals surface area contributed by atoms with Crippen LogP contribution in [0.25, 0.3) is 33.8 Å². The van der Waals surface area contributed by atoms with Crippen LogP contribution in [0.1, 0.15) is 5.56 Å². The van der Waals surface area contributed by atoms with E-state index in [1.807, 2.05) is 42.6 Å². The van der Waals surface area contributed by atoms with Gasteiger partial charge >= 0.3 is 0 Å². The summed E-state index contributed by atoms with van der Waals surface area (Å²) in [4.78, 5) is 9.72. The highest BCUT2D eigenvalue weighted by Gasteiger charge is 2.12. The van der Waals surface area contributed by atoms with Crippen molar-refractivity contribution in [3.63, 3.8) is 0 Å². The van der Waals surface area contributed by atoms with Crippen LogP contribution in [0.5, 0.6) is 0 Å². The Balaban J connectivity index is 1.91. The van der Waals surface area contributed by atoms with Crippen molar-refractivity contribution < 1.29 is 0 Å². The fourth-order valence-corrected chi connectivity index (χ4v) is 2.86. The first-order chi connectivity index (χ1) is 12.3. The summed E-state index contributed by atoms with van der Waals surface area (Å²) in [6.07, 6.45) is 1.86. The van der Waals surface area contributed by atoms with Gasteiger partial charge in [-0.25, -0.2) is 4.98 Å². The minimum Gasteiger partial charge on any atom is -0.252 e. The molecule has 0 N–H and O–H groups in total. The van der Waals surface area contributed by atoms with Crippen LogP contribution >= 0.6 is 0 Å². The first-order valence-electron chi connectivity index (χ1n) is 8.36. The number of nitrogens with zero attached hydrogens (tertiary/aromatic N) is 2. The molecule has 4 aromatic rings. The highest BCUT2D eigenvalue weighted by Crippen LogP contribution is 2.31. The number of aromatic nitrogens is 2. The van der Waals surface area contributed by atoms with Crippen molar-refractivity contribution in [3.8, 4) is 33.8 Å². The van der Waals surface area contributed by atoms with Crippen LogP contribution in [0.15, 0.2) is 91.1 Å². The zero-order valence-electron chi connectivity index (χ0n) is 14.1. The van der Waals surface area contributed by atoms with Gasteiger partial charge in [-0.15, -0.1) is 0 Å². The van der Waals surface area contributed by atoms with Crippen molar-refractivity contribution in [2.24, 2.45) is 0 Å². The second kappa shape index (κ2) is 6.70. The van der Waals surface area contributed by atoms with Crippen LogP contribution in [0, 0.1) is 6.92 Å². The third-order valence-corrected chi connectivity index (χ3v) is 4.21. The molecule has 0 aliphatic rings. The molecular weight excluding hydrogens is 304 g/mol. The Morgan fingerprint density at radius 3 is 1.76 bits per heavy atom. The Morgan fingerprint density at radius 2 is 1.12 bits per heavy atom. The number of hydrogen-bond donors (Lipinski definition) is 0. The van der Waals surface area contributed by atoms with Gasteiger partial charge in [-0.3, -0.25) is 4.98 Å². The molecule has 4 rings (SSSR count). The topological polar surface area (TPSA) is 25.8 Å². The third-order valence-electron chi connectivity index (χ3n) is 4.21. The van der Waals surface area contributed by atoms with Crippen molar-refractivity contribution in [2.45, 2.75) is 6.92 Å². The van der Waals surface area contributed by atoms with Crippen molar-refractivity contribution in [3.05, 3.63) is 96.7 Å². The summed E-state index contributed by atoms with van der Waals surface area (Å²) in [5.74, 6) is 0. The SMILES string of the molecule is Cc1ccc(-c2nc(-c3ccccc3)cnc2-c2ccccc2)cc1. The molecule has 1 heterocycles. The molecule has 0 spiro atoms. The van der Waals surface area contributed by atoms with Gasteiger partial charge in [-0.05, 0) is 6.92 Å². The molecule has 0 aliphatic carbocycles. The summed E-state index contributed by atoms with van der Waals surface area (Å²) < 4.78 is 0. The molecule has 0 saturated carbocycles. The van der Waals surface area contributed by atoms with E-state index in [1.54, 1.807) is 0 Å². The van der Waals surface area contributed by atoms with Crippen LogP contribution < -0.4 is 0 Å². The molecule has 1 aromatic heterocycles. The number of rotatable bonds is 3. The minimum atomic E-state index is 0.885. The molecule has 0 bridgehead atoms. The average molecular weight is 322 g/mol. The molecule has 0 aliphatic heterocycles. The lowest BCUT2D eigenvalue weighted by atomic mass is 10.0. The molecule has 0 saturated heterocycles. The molecule has 3 aromatic carbocycles. The molecule has 25 heavy (non-hydrogen) atoms. The molecule has 2 heteroatoms. The van der Waals surface area contributed by atoms with Gasteiger partial charge in [0.1, 0.15) is 0 Å². The van der Waals surface area contributed by atoms with Crippen molar-refractivity contribution in [1.82, 2.24) is 9.97 Å². The van der Waals surface area contributed by atoms with Crippen molar-refractivity contribution in [1.29, 1.82) is 0 Å². The van der Waals surface area contributed by atoms with Gasteiger partial charge in [0, 0.05) is 16.7 Å². The maximum Gasteiger partial charge on any atom is 0.0972 e. The summed E-state index contributed by atoms with van der Waals surface area (Å²) in [6, 6.07) is 28.8. The van der Waals surface area contributed by atoms with E-state index in [0.717, 1.165) is 33.8 Å². The first-order valence-corrected chi connectivity index (χ1v) is 8.36. The van der Waals surface area contributed by atoms with Gasteiger partial charge in [0.05, 0.1) is 23.3 Å². The lowest BCUT2D eigenvalue weighted by Crippen LogP contribution is -1.96. The number of hydrogen-bond acceptors (Lipinski definition) is 2. The molecule has 0 atom stereocenters. The Hall–Kier alpha value is -3.26. The Kier molecular flexibility index (Phi) is 4.09. The minimum absolute atomic E-state index is 0.885. The highest BCUT2D eigenvalue weighted by molar-refractivity contribution is 5.79. The predicted octanol–water partition coefficient (Wildman–Crippen LogP) is 5.79. The summed E-state index contributed by atoms with van der Waals surface area (Å²) in [7, 11) is 0. The van der Waals surface area contributed by atoms with Crippen molar-refractivity contribution in [2.75, 3.05) is 0 Å². The summed E-state index contributed by atoms with van der Waals surface area (Å²) in [5.41, 5.74) is 7.16. The summed E-state index contributed by atoms with van der Waals surface area (Å²) in [5, 5.41) is 0. The van der Waals surface area contributed by atoms with E-state index in [1.165, 1.54) is 5.56 Å². The fraction of sp³-hybridized carbons (Fsp3) is 0.0435. The van der Waals surface area contributed by atoms with Gasteiger partial charge in [0.25, 0.3) is 0 Å². The van der Waals surface area contributed by atoms with E-state index >= 15 is 0 Å². The van der Waals surface area contributed by atoms with Crippen LogP contribution in [-0.4, -0.2) is 9.97 Å². The molecule has 0 radical (unpaired) electrons. The Labute approximate surface area is 147 Å². The average Bonchev–Trinajstić information content (AvgIpc) is 2.69. The smallest absolute Gasteiger partial charge is 0.0972 e. The van der Waals surface area contributed by atoms with Crippen LogP contribution in [-0.2, 0) is 0 Å². The van der Waals surface area contributed by atoms with Crippen molar-refractivity contribution >= 4 is 0 Å². The summed E-state index contributed by atoms with van der Waals surface area (Å²) >= 11 is 0. The Morgan fingerprint density at radius 1 is 0.560 bits per heavy atom. The molecule has 120 valence electrons. The number of benzene rings is 3. The third kappa shape index (κ3) is 3.20. The molecule has 0 fully saturated rings. The van der Waals surface area contributed by atoms with Gasteiger partial charge in [0.2, 0.25) is 0 Å². The van der Waals surface area contributed by atoms with Gasteiger partial charge in [0.15, 0.2) is 0 Å². The maximum absolute atomic E-state index is 4.96. The molecular formula is C23H18N2. The van der Waals surface area contributed by atoms with E-state index in [2.05, 4.69) is 55.5 Å². The highest BCUT2D eigenvalue weighted by atomic mass is 14.8. The van der Waals surface area contributed by atoms with Crippen LogP contribution in [0.2, 0.25) is 0 Å². The maximum atomic E-state index is 4.96. The second-order valence-electron chi connectivity index (χ2n) is 6.05. The summed E-state index contributed by atoms with van der Waals surface area (Å²) in [6.45, 7) is 2.09. The number of aryl methyl sites for hydroxylation is 1. The molecule has 0 amide bonds. The first kappa shape index (κ1) is 15.3. The zero-order valence-corrected chi connectivity index (χ0v) is 14.1. The monoisotopic (exact) mass is 322 g/mol. The largest absolute Gasteiger partial charge is 0.252 e. The zero-order chi connectivity index (χ0) is 17.1. The lowest BCUT2D eigenvalue weighted by molar-refractivity contribution is 1.21. The quantitative estimate of drug-likeness (QED) is 0.477. The van der Waals surface area contributed by atoms with Crippen LogP contribution in [0.4, 0.5) is 0 Å². The predicted molar refractivity (Wildman–Crippen MR) is 103 cm³/mol. The van der Waals surface area contributed by atoms with Gasteiger partial charge in [-0.2, -0.15) is 0 Å². The van der Waals surface area contributed by atoms with Crippen LogP contribution in [0.3, 0.4) is 0 Å². The fourth-order valence-electron chi connectivity index (χ4n) is 2.86. The van der Waals surface area contributed by atoms with E-state index in [9.17, 15) is 0 Å². The van der Waals surface area contributed by atoms with Gasteiger partial charge < -0.3 is 0 Å².